The Morgan fingerprint density at radius 1 is 0.857 bits per heavy atom. The number of urea groups is 1. The molecule has 9 heteroatoms. The zero-order valence-electron chi connectivity index (χ0n) is 19.4. The molecule has 2 aromatic carbocycles. The lowest BCUT2D eigenvalue weighted by Crippen LogP contribution is -2.22. The molecule has 0 radical (unpaired) electrons. The van der Waals surface area contributed by atoms with E-state index < -0.39 is 17.8 Å². The van der Waals surface area contributed by atoms with Gasteiger partial charge in [-0.2, -0.15) is 18.3 Å². The predicted molar refractivity (Wildman–Crippen MR) is 130 cm³/mol. The molecule has 2 aromatic heterocycles. The molecule has 4 rings (SSSR count). The molecule has 2 amide bonds. The van der Waals surface area contributed by atoms with Crippen LogP contribution in [0.2, 0.25) is 0 Å². The van der Waals surface area contributed by atoms with Crippen LogP contribution in [-0.4, -0.2) is 20.8 Å². The first-order chi connectivity index (χ1) is 16.5. The van der Waals surface area contributed by atoms with Crippen molar-refractivity contribution in [1.82, 2.24) is 14.8 Å². The number of rotatable bonds is 4. The molecule has 2 N–H and O–H groups in total. The number of benzene rings is 2. The molecule has 6 nitrogen and oxygen atoms in total. The molecule has 0 bridgehead atoms. The lowest BCUT2D eigenvalue weighted by molar-refractivity contribution is -0.137. The van der Waals surface area contributed by atoms with Gasteiger partial charge in [0.2, 0.25) is 0 Å². The van der Waals surface area contributed by atoms with Gasteiger partial charge in [0.1, 0.15) is 5.69 Å². The molecule has 0 unspecified atom stereocenters. The summed E-state index contributed by atoms with van der Waals surface area (Å²) in [6.07, 6.45) is 0.950. The van der Waals surface area contributed by atoms with E-state index in [0.717, 1.165) is 34.5 Å². The van der Waals surface area contributed by atoms with Gasteiger partial charge in [-0.05, 0) is 74.9 Å². The van der Waals surface area contributed by atoms with Gasteiger partial charge in [0.05, 0.1) is 11.1 Å². The molecular formula is C26H24F3N5O. The highest BCUT2D eigenvalue weighted by Gasteiger charge is 2.30. The largest absolute Gasteiger partial charge is 0.416 e. The second-order valence-electron chi connectivity index (χ2n) is 8.98. The minimum Gasteiger partial charge on any atom is -0.308 e. The summed E-state index contributed by atoms with van der Waals surface area (Å²) >= 11 is 0. The van der Waals surface area contributed by atoms with E-state index in [9.17, 15) is 18.0 Å². The molecule has 0 saturated heterocycles. The smallest absolute Gasteiger partial charge is 0.308 e. The molecular weight excluding hydrogens is 455 g/mol. The maximum atomic E-state index is 12.7. The maximum Gasteiger partial charge on any atom is 0.416 e. The van der Waals surface area contributed by atoms with Crippen molar-refractivity contribution in [3.63, 3.8) is 0 Å². The second kappa shape index (κ2) is 9.25. The van der Waals surface area contributed by atoms with Gasteiger partial charge in [-0.1, -0.05) is 12.1 Å². The van der Waals surface area contributed by atoms with Gasteiger partial charge in [0.25, 0.3) is 0 Å². The molecule has 35 heavy (non-hydrogen) atoms. The Balaban J connectivity index is 1.58. The number of carbonyl (C=O) groups is 1. The van der Waals surface area contributed by atoms with Crippen LogP contribution in [0.3, 0.4) is 0 Å². The number of nitrogens with one attached hydrogen (secondary N) is 2. The Bertz CT molecular complexity index is 1320. The molecule has 0 aliphatic heterocycles. The van der Waals surface area contributed by atoms with Crippen molar-refractivity contribution in [3.05, 3.63) is 84.8 Å². The number of anilines is 2. The monoisotopic (exact) mass is 479 g/mol. The topological polar surface area (TPSA) is 71.8 Å². The van der Waals surface area contributed by atoms with Crippen LogP contribution >= 0.6 is 0 Å². The number of hydrogen-bond donors (Lipinski definition) is 2. The third kappa shape index (κ3) is 5.68. The molecule has 180 valence electrons. The van der Waals surface area contributed by atoms with Crippen LogP contribution in [0.5, 0.6) is 0 Å². The number of carbonyl (C=O) groups excluding carboxylic acids is 1. The van der Waals surface area contributed by atoms with Gasteiger partial charge in [-0.3, -0.25) is 9.67 Å². The minimum absolute atomic E-state index is 0.239. The quantitative estimate of drug-likeness (QED) is 0.330. The molecule has 0 saturated carbocycles. The minimum atomic E-state index is -4.43. The fraction of sp³-hybridized carbons (Fsp3) is 0.192. The summed E-state index contributed by atoms with van der Waals surface area (Å²) in [6.45, 7) is 6.18. The number of halogens is 3. The summed E-state index contributed by atoms with van der Waals surface area (Å²) in [5.74, 6) is 0. The Labute approximate surface area is 200 Å². The van der Waals surface area contributed by atoms with Gasteiger partial charge in [0.15, 0.2) is 0 Å². The first-order valence-corrected chi connectivity index (χ1v) is 10.9. The number of alkyl halides is 3. The van der Waals surface area contributed by atoms with E-state index in [1.54, 1.807) is 18.5 Å². The summed E-state index contributed by atoms with van der Waals surface area (Å²) < 4.78 is 40.1. The standard InChI is InChI=1S/C26H24F3N5O/c1-25(2,3)34-16-22(23(33-34)17-11-13-30-14-12-17)18-5-4-6-21(15-18)32-24(35)31-20-9-7-19(8-10-20)26(27,28)29/h4-16H,1-3H3,(H2,31,32,35). The Hall–Kier alpha value is -4.14. The van der Waals surface area contributed by atoms with Gasteiger partial charge in [-0.25, -0.2) is 4.79 Å². The van der Waals surface area contributed by atoms with Crippen LogP contribution in [0.25, 0.3) is 22.4 Å². The van der Waals surface area contributed by atoms with Crippen molar-refractivity contribution in [2.45, 2.75) is 32.5 Å². The van der Waals surface area contributed by atoms with E-state index in [1.807, 2.05) is 41.2 Å². The molecule has 0 spiro atoms. The number of hydrogen-bond acceptors (Lipinski definition) is 3. The van der Waals surface area contributed by atoms with Crippen LogP contribution in [0, 0.1) is 0 Å². The number of nitrogens with zero attached hydrogens (tertiary/aromatic N) is 3. The van der Waals surface area contributed by atoms with Crippen LogP contribution < -0.4 is 10.6 Å². The SMILES string of the molecule is CC(C)(C)n1cc(-c2cccc(NC(=O)Nc3ccc(C(F)(F)F)cc3)c2)c(-c2ccncc2)n1. The van der Waals surface area contributed by atoms with Gasteiger partial charge >= 0.3 is 12.2 Å². The third-order valence-corrected chi connectivity index (χ3v) is 5.26. The van der Waals surface area contributed by atoms with Crippen LogP contribution in [0.4, 0.5) is 29.3 Å². The Kier molecular flexibility index (Phi) is 6.34. The van der Waals surface area contributed by atoms with Crippen LogP contribution in [-0.2, 0) is 11.7 Å². The molecule has 4 aromatic rings. The number of aromatic nitrogens is 3. The molecule has 0 aliphatic rings. The van der Waals surface area contributed by atoms with E-state index in [0.29, 0.717) is 5.69 Å². The maximum absolute atomic E-state index is 12.7. The fourth-order valence-corrected chi connectivity index (χ4v) is 3.45. The fourth-order valence-electron chi connectivity index (χ4n) is 3.45. The number of amides is 2. The highest BCUT2D eigenvalue weighted by Crippen LogP contribution is 2.34. The van der Waals surface area contributed by atoms with Gasteiger partial charge in [0, 0.05) is 41.1 Å². The lowest BCUT2D eigenvalue weighted by Gasteiger charge is -2.18. The predicted octanol–water partition coefficient (Wildman–Crippen LogP) is 7.03. The zero-order valence-corrected chi connectivity index (χ0v) is 19.4. The van der Waals surface area contributed by atoms with Crippen molar-refractivity contribution in [2.75, 3.05) is 10.6 Å². The third-order valence-electron chi connectivity index (χ3n) is 5.26. The summed E-state index contributed by atoms with van der Waals surface area (Å²) in [5.41, 5.74) is 3.19. The normalized spacial score (nSPS) is 11.8. The highest BCUT2D eigenvalue weighted by atomic mass is 19.4. The van der Waals surface area contributed by atoms with E-state index in [4.69, 9.17) is 5.10 Å². The summed E-state index contributed by atoms with van der Waals surface area (Å²) in [6, 6.07) is 14.8. The van der Waals surface area contributed by atoms with Crippen molar-refractivity contribution >= 4 is 17.4 Å². The first-order valence-electron chi connectivity index (χ1n) is 10.9. The zero-order chi connectivity index (χ0) is 25.2. The van der Waals surface area contributed by atoms with Crippen molar-refractivity contribution in [1.29, 1.82) is 0 Å². The van der Waals surface area contributed by atoms with E-state index in [-0.39, 0.29) is 11.2 Å². The average Bonchev–Trinajstić information content (AvgIpc) is 3.26. The summed E-state index contributed by atoms with van der Waals surface area (Å²) in [5, 5.41) is 10.1. The van der Waals surface area contributed by atoms with Crippen molar-refractivity contribution < 1.29 is 18.0 Å². The van der Waals surface area contributed by atoms with Gasteiger partial charge in [-0.15, -0.1) is 0 Å². The first kappa shape index (κ1) is 24.0. The summed E-state index contributed by atoms with van der Waals surface area (Å²) in [7, 11) is 0. The summed E-state index contributed by atoms with van der Waals surface area (Å²) in [4.78, 5) is 16.5. The van der Waals surface area contributed by atoms with E-state index >= 15 is 0 Å². The van der Waals surface area contributed by atoms with Crippen molar-refractivity contribution in [2.24, 2.45) is 0 Å². The highest BCUT2D eigenvalue weighted by molar-refractivity contribution is 6.00. The lowest BCUT2D eigenvalue weighted by atomic mass is 10.0. The van der Waals surface area contributed by atoms with E-state index in [2.05, 4.69) is 36.4 Å². The molecule has 0 atom stereocenters. The number of pyridine rings is 1. The van der Waals surface area contributed by atoms with Crippen molar-refractivity contribution in [3.8, 4) is 22.4 Å². The molecule has 2 heterocycles. The van der Waals surface area contributed by atoms with E-state index in [1.165, 1.54) is 12.1 Å². The molecule has 0 aliphatic carbocycles. The van der Waals surface area contributed by atoms with Crippen LogP contribution in [0.15, 0.2) is 79.3 Å². The molecule has 0 fully saturated rings. The van der Waals surface area contributed by atoms with Gasteiger partial charge < -0.3 is 10.6 Å². The Morgan fingerprint density at radius 2 is 1.51 bits per heavy atom. The average molecular weight is 480 g/mol. The second-order valence-corrected chi connectivity index (χ2v) is 8.98. The Morgan fingerprint density at radius 3 is 2.14 bits per heavy atom. The van der Waals surface area contributed by atoms with Crippen LogP contribution in [0.1, 0.15) is 26.3 Å².